The largest absolute Gasteiger partial charge is 0.309 e. The average Bonchev–Trinajstić information content (AvgIpc) is 4.01. The number of para-hydroxylation sites is 4. The minimum absolute atomic E-state index is 0.655. The molecule has 63 heavy (non-hydrogen) atoms. The van der Waals surface area contributed by atoms with E-state index in [1.165, 1.54) is 69.3 Å². The first-order chi connectivity index (χ1) is 31.3. The van der Waals surface area contributed by atoms with E-state index in [4.69, 9.17) is 9.97 Å². The average molecular weight is 819 g/mol. The molecule has 14 aromatic rings. The number of rotatable bonds is 4. The molecule has 0 spiro atoms. The van der Waals surface area contributed by atoms with Crippen molar-refractivity contribution in [1.82, 2.24) is 19.1 Å². The molecule has 0 N–H and O–H groups in total. The summed E-state index contributed by atoms with van der Waals surface area (Å²) in [5.74, 6) is 0.655. The van der Waals surface area contributed by atoms with Crippen molar-refractivity contribution >= 4 is 108 Å². The number of thiophene rings is 1. The summed E-state index contributed by atoms with van der Waals surface area (Å²) in [4.78, 5) is 10.9. The monoisotopic (exact) mass is 818 g/mol. The number of nitrogens with zero attached hydrogens (tertiary/aromatic N) is 4. The Morgan fingerprint density at radius 2 is 0.937 bits per heavy atom. The zero-order valence-corrected chi connectivity index (χ0v) is 34.6. The van der Waals surface area contributed by atoms with Crippen molar-refractivity contribution in [3.63, 3.8) is 0 Å². The van der Waals surface area contributed by atoms with Gasteiger partial charge in [-0.2, -0.15) is 0 Å². The molecule has 0 fully saturated rings. The quantitative estimate of drug-likeness (QED) is 0.177. The van der Waals surface area contributed by atoms with Gasteiger partial charge in [-0.15, -0.1) is 11.3 Å². The lowest BCUT2D eigenvalue weighted by molar-refractivity contribution is 1.02. The van der Waals surface area contributed by atoms with Crippen LogP contribution in [-0.2, 0) is 0 Å². The molecule has 0 aliphatic rings. The first-order valence-electron chi connectivity index (χ1n) is 21.4. The van der Waals surface area contributed by atoms with Gasteiger partial charge in [0.25, 0.3) is 0 Å². The maximum absolute atomic E-state index is 5.56. The summed E-state index contributed by atoms with van der Waals surface area (Å²) in [6.45, 7) is 0. The van der Waals surface area contributed by atoms with E-state index in [9.17, 15) is 0 Å². The predicted molar refractivity (Wildman–Crippen MR) is 267 cm³/mol. The lowest BCUT2D eigenvalue weighted by Gasteiger charge is -2.16. The third-order valence-electron chi connectivity index (χ3n) is 13.1. The Morgan fingerprint density at radius 3 is 1.75 bits per heavy atom. The summed E-state index contributed by atoms with van der Waals surface area (Å²) in [6.07, 6.45) is 0. The van der Waals surface area contributed by atoms with Crippen molar-refractivity contribution in [2.24, 2.45) is 0 Å². The second kappa shape index (κ2) is 13.2. The Hall–Kier alpha value is -8.12. The van der Waals surface area contributed by atoms with Crippen LogP contribution >= 0.6 is 11.3 Å². The molecule has 0 radical (unpaired) electrons. The van der Waals surface area contributed by atoms with E-state index in [-0.39, 0.29) is 0 Å². The summed E-state index contributed by atoms with van der Waals surface area (Å²) < 4.78 is 7.30. The summed E-state index contributed by atoms with van der Waals surface area (Å²) in [7, 11) is 0. The van der Waals surface area contributed by atoms with Crippen LogP contribution in [0.3, 0.4) is 0 Å². The summed E-state index contributed by atoms with van der Waals surface area (Å²) in [5.41, 5.74) is 11.0. The molecule has 0 aliphatic heterocycles. The molecule has 14 rings (SSSR count). The lowest BCUT2D eigenvalue weighted by atomic mass is 9.90. The molecule has 0 amide bonds. The van der Waals surface area contributed by atoms with Crippen LogP contribution < -0.4 is 0 Å². The standard InChI is InChI=1S/C58H34N4S/c1-2-16-36(17-3-1)61-51-28-14-10-25-44(51)55-41-22-6-4-18-37(41)46(34-52(55)61)45-33-48-39-20-9-13-27-50(39)62(57(48)42-23-7-5-19-38(42)45)58-59-49-26-12-8-24-43(49)56(60-58)35-30-31-54-47(32-35)40-21-11-15-29-53(40)63-54/h1-34H. The Bertz CT molecular complexity index is 4210. The molecule has 0 bridgehead atoms. The van der Waals surface area contributed by atoms with E-state index in [0.29, 0.717) is 5.95 Å². The topological polar surface area (TPSA) is 35.6 Å². The van der Waals surface area contributed by atoms with Crippen molar-refractivity contribution in [2.75, 3.05) is 0 Å². The van der Waals surface area contributed by atoms with E-state index in [1.807, 2.05) is 11.3 Å². The minimum atomic E-state index is 0.655. The van der Waals surface area contributed by atoms with E-state index in [0.717, 1.165) is 55.0 Å². The summed E-state index contributed by atoms with van der Waals surface area (Å²) in [6, 6.07) is 74.9. The molecule has 4 heterocycles. The first kappa shape index (κ1) is 34.6. The van der Waals surface area contributed by atoms with Crippen LogP contribution in [0.5, 0.6) is 0 Å². The number of hydrogen-bond donors (Lipinski definition) is 0. The van der Waals surface area contributed by atoms with Gasteiger partial charge in [0.05, 0.1) is 33.3 Å². The SMILES string of the molecule is c1ccc(-n2c3ccccc3c3c4ccccc4c(-c4cc5c6ccccc6n(-c6nc(-c7ccc8sc9ccccc9c8c7)c7ccccc7n6)c5c5ccccc45)cc32)cc1. The third-order valence-corrected chi connectivity index (χ3v) is 14.3. The van der Waals surface area contributed by atoms with Gasteiger partial charge in [0.1, 0.15) is 0 Å². The second-order valence-corrected chi connectivity index (χ2v) is 17.6. The maximum Gasteiger partial charge on any atom is 0.235 e. The van der Waals surface area contributed by atoms with E-state index < -0.39 is 0 Å². The van der Waals surface area contributed by atoms with Crippen LogP contribution in [0.2, 0.25) is 0 Å². The molecule has 4 nitrogen and oxygen atoms in total. The van der Waals surface area contributed by atoms with Gasteiger partial charge < -0.3 is 4.57 Å². The van der Waals surface area contributed by atoms with Gasteiger partial charge in [-0.05, 0) is 87.9 Å². The van der Waals surface area contributed by atoms with Crippen LogP contribution in [0.15, 0.2) is 206 Å². The highest BCUT2D eigenvalue weighted by atomic mass is 32.1. The Labute approximate surface area is 365 Å². The van der Waals surface area contributed by atoms with Gasteiger partial charge in [-0.25, -0.2) is 9.97 Å². The van der Waals surface area contributed by atoms with Crippen molar-refractivity contribution < 1.29 is 0 Å². The predicted octanol–water partition coefficient (Wildman–Crippen LogP) is 15.8. The molecule has 0 unspecified atom stereocenters. The van der Waals surface area contributed by atoms with Gasteiger partial charge in [-0.1, -0.05) is 146 Å². The first-order valence-corrected chi connectivity index (χ1v) is 22.2. The zero-order valence-electron chi connectivity index (χ0n) is 33.8. The lowest BCUT2D eigenvalue weighted by Crippen LogP contribution is -2.04. The smallest absolute Gasteiger partial charge is 0.235 e. The van der Waals surface area contributed by atoms with E-state index >= 15 is 0 Å². The van der Waals surface area contributed by atoms with Gasteiger partial charge >= 0.3 is 0 Å². The van der Waals surface area contributed by atoms with Crippen molar-refractivity contribution in [2.45, 2.75) is 0 Å². The summed E-state index contributed by atoms with van der Waals surface area (Å²) >= 11 is 1.84. The molecule has 0 saturated carbocycles. The number of benzene rings is 10. The molecule has 4 aromatic heterocycles. The number of hydrogen-bond acceptors (Lipinski definition) is 3. The second-order valence-electron chi connectivity index (χ2n) is 16.5. The molecular formula is C58H34N4S. The van der Waals surface area contributed by atoms with Crippen molar-refractivity contribution in [3.05, 3.63) is 206 Å². The molecule has 0 saturated heterocycles. The maximum atomic E-state index is 5.56. The fourth-order valence-electron chi connectivity index (χ4n) is 10.4. The number of aromatic nitrogens is 4. The summed E-state index contributed by atoms with van der Waals surface area (Å²) in [5, 5.41) is 13.2. The van der Waals surface area contributed by atoms with Crippen LogP contribution in [0, 0.1) is 0 Å². The Morgan fingerprint density at radius 1 is 0.349 bits per heavy atom. The van der Waals surface area contributed by atoms with Gasteiger partial charge in [0.2, 0.25) is 5.95 Å². The Balaban J connectivity index is 1.08. The van der Waals surface area contributed by atoms with Crippen molar-refractivity contribution in [3.8, 4) is 34.0 Å². The van der Waals surface area contributed by atoms with Crippen LogP contribution in [-0.4, -0.2) is 19.1 Å². The molecule has 10 aromatic carbocycles. The fraction of sp³-hybridized carbons (Fsp3) is 0. The highest BCUT2D eigenvalue weighted by Crippen LogP contribution is 2.46. The third kappa shape index (κ3) is 4.97. The zero-order chi connectivity index (χ0) is 41.2. The molecule has 5 heteroatoms. The van der Waals surface area contributed by atoms with E-state index in [2.05, 4.69) is 215 Å². The minimum Gasteiger partial charge on any atom is -0.309 e. The highest BCUT2D eigenvalue weighted by Gasteiger charge is 2.24. The van der Waals surface area contributed by atoms with Gasteiger partial charge in [0.15, 0.2) is 0 Å². The highest BCUT2D eigenvalue weighted by molar-refractivity contribution is 7.25. The van der Waals surface area contributed by atoms with E-state index in [1.54, 1.807) is 0 Å². The van der Waals surface area contributed by atoms with Crippen LogP contribution in [0.25, 0.3) is 130 Å². The van der Waals surface area contributed by atoms with Crippen LogP contribution in [0.1, 0.15) is 0 Å². The van der Waals surface area contributed by atoms with Crippen LogP contribution in [0.4, 0.5) is 0 Å². The van der Waals surface area contributed by atoms with Gasteiger partial charge in [0, 0.05) is 63.7 Å². The molecule has 0 aliphatic carbocycles. The van der Waals surface area contributed by atoms with Gasteiger partial charge in [-0.3, -0.25) is 4.57 Å². The Kier molecular flexibility index (Phi) is 7.24. The number of fused-ring (bicyclic) bond motifs is 14. The normalized spacial score (nSPS) is 12.1. The molecular weight excluding hydrogens is 785 g/mol. The van der Waals surface area contributed by atoms with Crippen molar-refractivity contribution in [1.29, 1.82) is 0 Å². The molecule has 292 valence electrons. The molecule has 0 atom stereocenters. The fourth-order valence-corrected chi connectivity index (χ4v) is 11.5.